The molecule has 0 bridgehead atoms. The molecule has 112 valence electrons. The Kier molecular flexibility index (Phi) is 5.10. The first-order valence-electron chi connectivity index (χ1n) is 6.79. The quantitative estimate of drug-likeness (QED) is 0.907. The van der Waals surface area contributed by atoms with Crippen LogP contribution in [0.5, 0.6) is 11.5 Å². The second-order valence-electron chi connectivity index (χ2n) is 4.74. The molecule has 0 amide bonds. The summed E-state index contributed by atoms with van der Waals surface area (Å²) in [5.41, 5.74) is 2.68. The monoisotopic (exact) mass is 306 g/mol. The molecule has 3 nitrogen and oxygen atoms in total. The molecule has 0 aliphatic heterocycles. The second-order valence-corrected chi connectivity index (χ2v) is 5.15. The van der Waals surface area contributed by atoms with Gasteiger partial charge >= 0.3 is 0 Å². The molecule has 0 saturated carbocycles. The van der Waals surface area contributed by atoms with Gasteiger partial charge in [-0.3, -0.25) is 0 Å². The molecule has 0 spiro atoms. The fourth-order valence-electron chi connectivity index (χ4n) is 2.27. The summed E-state index contributed by atoms with van der Waals surface area (Å²) in [5.74, 6) is 0.975. The highest BCUT2D eigenvalue weighted by molar-refractivity contribution is 6.32. The summed E-state index contributed by atoms with van der Waals surface area (Å²) in [6, 6.07) is 11.3. The summed E-state index contributed by atoms with van der Waals surface area (Å²) in [7, 11) is 3.08. The predicted octanol–water partition coefficient (Wildman–Crippen LogP) is 4.00. The van der Waals surface area contributed by atoms with Gasteiger partial charge in [-0.05, 0) is 35.2 Å². The van der Waals surface area contributed by atoms with E-state index in [-0.39, 0.29) is 0 Å². The molecule has 1 unspecified atom stereocenters. The van der Waals surface area contributed by atoms with Gasteiger partial charge in [-0.1, -0.05) is 42.8 Å². The van der Waals surface area contributed by atoms with Crippen LogP contribution in [0.3, 0.4) is 0 Å². The Morgan fingerprint density at radius 2 is 1.86 bits per heavy atom. The zero-order chi connectivity index (χ0) is 15.4. The van der Waals surface area contributed by atoms with Crippen LogP contribution in [0.15, 0.2) is 36.4 Å². The van der Waals surface area contributed by atoms with Crippen LogP contribution < -0.4 is 9.47 Å². The average Bonchev–Trinajstić information content (AvgIpc) is 2.53. The molecule has 0 heterocycles. The van der Waals surface area contributed by atoms with Crippen LogP contribution in [0.25, 0.3) is 0 Å². The fourth-order valence-corrected chi connectivity index (χ4v) is 2.57. The third-order valence-electron chi connectivity index (χ3n) is 3.45. The highest BCUT2D eigenvalue weighted by atomic mass is 35.5. The number of ether oxygens (including phenoxy) is 2. The Labute approximate surface area is 130 Å². The summed E-state index contributed by atoms with van der Waals surface area (Å²) in [6.07, 6.45) is 0.168. The lowest BCUT2D eigenvalue weighted by atomic mass is 9.98. The molecule has 1 atom stereocenters. The zero-order valence-corrected chi connectivity index (χ0v) is 13.1. The normalized spacial score (nSPS) is 12.0. The topological polar surface area (TPSA) is 38.7 Å². The first kappa shape index (κ1) is 15.7. The largest absolute Gasteiger partial charge is 0.493 e. The van der Waals surface area contributed by atoms with Crippen molar-refractivity contribution in [1.82, 2.24) is 0 Å². The Bertz CT molecular complexity index is 625. The van der Waals surface area contributed by atoms with Gasteiger partial charge in [0.05, 0.1) is 19.2 Å². The summed E-state index contributed by atoms with van der Waals surface area (Å²) in [6.45, 7) is 2.08. The lowest BCUT2D eigenvalue weighted by Gasteiger charge is -2.16. The van der Waals surface area contributed by atoms with Crippen LogP contribution in [-0.2, 0) is 6.42 Å². The zero-order valence-electron chi connectivity index (χ0n) is 12.4. The van der Waals surface area contributed by atoms with Gasteiger partial charge < -0.3 is 14.6 Å². The molecule has 0 radical (unpaired) electrons. The van der Waals surface area contributed by atoms with Crippen molar-refractivity contribution in [1.29, 1.82) is 0 Å². The number of aliphatic hydroxyl groups is 1. The van der Waals surface area contributed by atoms with Crippen LogP contribution in [0.4, 0.5) is 0 Å². The number of halogens is 1. The lowest BCUT2D eigenvalue weighted by Crippen LogP contribution is -2.02. The Morgan fingerprint density at radius 1 is 1.10 bits per heavy atom. The summed E-state index contributed by atoms with van der Waals surface area (Å²) in [5, 5.41) is 11.0. The maximum absolute atomic E-state index is 10.6. The fraction of sp³-hybridized carbons (Fsp3) is 0.294. The van der Waals surface area contributed by atoms with Crippen LogP contribution in [0.2, 0.25) is 5.02 Å². The molecule has 2 aromatic carbocycles. The second kappa shape index (κ2) is 6.83. The van der Waals surface area contributed by atoms with Crippen molar-refractivity contribution in [3.05, 3.63) is 58.1 Å². The van der Waals surface area contributed by atoms with Gasteiger partial charge in [-0.2, -0.15) is 0 Å². The molecular formula is C17H19ClO3. The lowest BCUT2D eigenvalue weighted by molar-refractivity contribution is 0.219. The summed E-state index contributed by atoms with van der Waals surface area (Å²) < 4.78 is 10.5. The van der Waals surface area contributed by atoms with Crippen molar-refractivity contribution in [3.8, 4) is 11.5 Å². The molecule has 4 heteroatoms. The molecule has 2 aromatic rings. The number of aliphatic hydroxyl groups excluding tert-OH is 1. The van der Waals surface area contributed by atoms with E-state index in [0.717, 1.165) is 12.0 Å². The van der Waals surface area contributed by atoms with Crippen molar-refractivity contribution in [2.24, 2.45) is 0 Å². The first-order chi connectivity index (χ1) is 10.1. The van der Waals surface area contributed by atoms with Crippen molar-refractivity contribution >= 4 is 11.6 Å². The minimum absolute atomic E-state index is 0.414. The number of methoxy groups -OCH3 is 2. The van der Waals surface area contributed by atoms with Gasteiger partial charge in [0.2, 0.25) is 0 Å². The van der Waals surface area contributed by atoms with E-state index in [4.69, 9.17) is 21.1 Å². The van der Waals surface area contributed by atoms with Gasteiger partial charge in [-0.15, -0.1) is 0 Å². The van der Waals surface area contributed by atoms with Gasteiger partial charge in [0, 0.05) is 0 Å². The van der Waals surface area contributed by atoms with E-state index >= 15 is 0 Å². The molecule has 2 rings (SSSR count). The van der Waals surface area contributed by atoms with Crippen molar-refractivity contribution in [2.75, 3.05) is 14.2 Å². The molecule has 0 aromatic heterocycles. The maximum Gasteiger partial charge on any atom is 0.179 e. The van der Waals surface area contributed by atoms with Crippen molar-refractivity contribution in [2.45, 2.75) is 19.4 Å². The summed E-state index contributed by atoms with van der Waals surface area (Å²) in [4.78, 5) is 0. The standard InChI is InChI=1S/C17H19ClO3/c1-4-11-6-5-7-12(8-11)16(19)13-9-14(18)17(21-3)15(10-13)20-2/h5-10,16,19H,4H2,1-3H3. The van der Waals surface area contributed by atoms with E-state index in [0.29, 0.717) is 22.1 Å². The Balaban J connectivity index is 2.43. The molecular weight excluding hydrogens is 288 g/mol. The number of benzene rings is 2. The first-order valence-corrected chi connectivity index (χ1v) is 7.16. The molecule has 0 aliphatic rings. The van der Waals surface area contributed by atoms with Crippen molar-refractivity contribution in [3.63, 3.8) is 0 Å². The van der Waals surface area contributed by atoms with E-state index in [2.05, 4.69) is 6.92 Å². The number of aryl methyl sites for hydroxylation is 1. The van der Waals surface area contributed by atoms with E-state index < -0.39 is 6.10 Å². The van der Waals surface area contributed by atoms with Crippen LogP contribution in [0, 0.1) is 0 Å². The molecule has 21 heavy (non-hydrogen) atoms. The predicted molar refractivity (Wildman–Crippen MR) is 84.4 cm³/mol. The average molecular weight is 307 g/mol. The number of hydrogen-bond acceptors (Lipinski definition) is 3. The SMILES string of the molecule is CCc1cccc(C(O)c2cc(Cl)c(OC)c(OC)c2)c1. The van der Waals surface area contributed by atoms with E-state index in [1.54, 1.807) is 19.2 Å². The minimum atomic E-state index is -0.756. The highest BCUT2D eigenvalue weighted by Crippen LogP contribution is 2.38. The third kappa shape index (κ3) is 3.31. The molecule has 0 saturated heterocycles. The smallest absolute Gasteiger partial charge is 0.179 e. The number of hydrogen-bond donors (Lipinski definition) is 1. The highest BCUT2D eigenvalue weighted by Gasteiger charge is 2.17. The number of rotatable bonds is 5. The van der Waals surface area contributed by atoms with E-state index in [9.17, 15) is 5.11 Å². The van der Waals surface area contributed by atoms with E-state index in [1.165, 1.54) is 12.7 Å². The van der Waals surface area contributed by atoms with E-state index in [1.807, 2.05) is 24.3 Å². The van der Waals surface area contributed by atoms with Crippen LogP contribution in [-0.4, -0.2) is 19.3 Å². The van der Waals surface area contributed by atoms with Crippen LogP contribution in [0.1, 0.15) is 29.7 Å². The van der Waals surface area contributed by atoms with Crippen molar-refractivity contribution < 1.29 is 14.6 Å². The van der Waals surface area contributed by atoms with Gasteiger partial charge in [0.1, 0.15) is 6.10 Å². The third-order valence-corrected chi connectivity index (χ3v) is 3.73. The summed E-state index contributed by atoms with van der Waals surface area (Å²) >= 11 is 6.19. The Hall–Kier alpha value is -1.71. The van der Waals surface area contributed by atoms with Gasteiger partial charge in [-0.25, -0.2) is 0 Å². The van der Waals surface area contributed by atoms with Gasteiger partial charge in [0.25, 0.3) is 0 Å². The maximum atomic E-state index is 10.6. The Morgan fingerprint density at radius 3 is 2.48 bits per heavy atom. The minimum Gasteiger partial charge on any atom is -0.493 e. The van der Waals surface area contributed by atoms with Gasteiger partial charge in [0.15, 0.2) is 11.5 Å². The molecule has 1 N–H and O–H groups in total. The molecule has 0 aliphatic carbocycles. The molecule has 0 fully saturated rings. The van der Waals surface area contributed by atoms with Crippen LogP contribution >= 0.6 is 11.6 Å².